The summed E-state index contributed by atoms with van der Waals surface area (Å²) >= 11 is 0. The Morgan fingerprint density at radius 3 is 2.41 bits per heavy atom. The second-order valence-corrected chi connectivity index (χ2v) is 4.66. The highest BCUT2D eigenvalue weighted by molar-refractivity contribution is 5.96. The Kier molecular flexibility index (Phi) is 5.45. The lowest BCUT2D eigenvalue weighted by molar-refractivity contribution is -0.149. The monoisotopic (exact) mass is 240 g/mol. The van der Waals surface area contributed by atoms with Crippen molar-refractivity contribution in [2.75, 3.05) is 6.54 Å². The van der Waals surface area contributed by atoms with E-state index in [1.54, 1.807) is 4.90 Å². The number of hydrogen-bond donors (Lipinski definition) is 1. The summed E-state index contributed by atoms with van der Waals surface area (Å²) < 4.78 is 0. The van der Waals surface area contributed by atoms with Gasteiger partial charge in [-0.05, 0) is 19.3 Å². The average molecular weight is 240 g/mol. The predicted octanol–water partition coefficient (Wildman–Crippen LogP) is 1.69. The smallest absolute Gasteiger partial charge is 0.245 e. The summed E-state index contributed by atoms with van der Waals surface area (Å²) in [5.41, 5.74) is 0. The van der Waals surface area contributed by atoms with Crippen LogP contribution in [-0.4, -0.2) is 35.3 Å². The highest BCUT2D eigenvalue weighted by atomic mass is 16.2. The van der Waals surface area contributed by atoms with Crippen molar-refractivity contribution in [1.82, 2.24) is 10.2 Å². The van der Waals surface area contributed by atoms with Gasteiger partial charge in [0.25, 0.3) is 0 Å². The molecular formula is C13H24N2O2. The van der Waals surface area contributed by atoms with Crippen molar-refractivity contribution >= 4 is 11.8 Å². The molecule has 1 saturated heterocycles. The molecule has 0 aromatic carbocycles. The van der Waals surface area contributed by atoms with E-state index in [2.05, 4.69) is 12.2 Å². The van der Waals surface area contributed by atoms with Crippen molar-refractivity contribution in [3.63, 3.8) is 0 Å². The van der Waals surface area contributed by atoms with Gasteiger partial charge in [-0.1, -0.05) is 33.6 Å². The summed E-state index contributed by atoms with van der Waals surface area (Å²) in [5.74, 6) is 0.119. The van der Waals surface area contributed by atoms with Crippen LogP contribution in [0.15, 0.2) is 0 Å². The van der Waals surface area contributed by atoms with E-state index in [4.69, 9.17) is 0 Å². The molecule has 1 rings (SSSR count). The molecule has 0 aromatic heterocycles. The summed E-state index contributed by atoms with van der Waals surface area (Å²) in [6, 6.07) is -0.561. The maximum absolute atomic E-state index is 12.2. The molecule has 1 heterocycles. The summed E-state index contributed by atoms with van der Waals surface area (Å²) in [7, 11) is 0. The molecule has 0 aliphatic carbocycles. The summed E-state index contributed by atoms with van der Waals surface area (Å²) in [4.78, 5) is 26.0. The number of amides is 2. The van der Waals surface area contributed by atoms with Gasteiger partial charge < -0.3 is 10.2 Å². The van der Waals surface area contributed by atoms with Gasteiger partial charge in [0.1, 0.15) is 12.1 Å². The van der Waals surface area contributed by atoms with Gasteiger partial charge in [0, 0.05) is 6.54 Å². The summed E-state index contributed by atoms with van der Waals surface area (Å²) in [5, 5.41) is 2.84. The van der Waals surface area contributed by atoms with Crippen LogP contribution in [0.4, 0.5) is 0 Å². The van der Waals surface area contributed by atoms with Gasteiger partial charge in [-0.25, -0.2) is 0 Å². The van der Waals surface area contributed by atoms with Gasteiger partial charge in [0.2, 0.25) is 11.8 Å². The molecule has 1 aliphatic heterocycles. The Labute approximate surface area is 104 Å². The fourth-order valence-corrected chi connectivity index (χ4v) is 2.31. The molecule has 2 unspecified atom stereocenters. The standard InChI is InChI=1S/C13H24N2O2/c1-4-7-9-15-11(6-3)12(16)14-10(8-5-2)13(15)17/h10-11H,4-9H2,1-3H3,(H,14,16). The largest absolute Gasteiger partial charge is 0.343 e. The molecule has 0 radical (unpaired) electrons. The van der Waals surface area contributed by atoms with Crippen LogP contribution in [0.5, 0.6) is 0 Å². The highest BCUT2D eigenvalue weighted by Crippen LogP contribution is 2.16. The zero-order valence-corrected chi connectivity index (χ0v) is 11.2. The van der Waals surface area contributed by atoms with E-state index in [0.717, 1.165) is 25.7 Å². The Bertz CT molecular complexity index is 279. The lowest BCUT2D eigenvalue weighted by atomic mass is 10.0. The number of nitrogens with zero attached hydrogens (tertiary/aromatic N) is 1. The van der Waals surface area contributed by atoms with Gasteiger partial charge in [-0.3, -0.25) is 9.59 Å². The van der Waals surface area contributed by atoms with Crippen molar-refractivity contribution in [2.24, 2.45) is 0 Å². The van der Waals surface area contributed by atoms with Crippen LogP contribution < -0.4 is 5.32 Å². The quantitative estimate of drug-likeness (QED) is 0.768. The third-order valence-corrected chi connectivity index (χ3v) is 3.29. The topological polar surface area (TPSA) is 49.4 Å². The molecule has 98 valence electrons. The Morgan fingerprint density at radius 2 is 1.88 bits per heavy atom. The first kappa shape index (κ1) is 14.0. The van der Waals surface area contributed by atoms with Crippen molar-refractivity contribution in [2.45, 2.75) is 65.0 Å². The minimum absolute atomic E-state index is 0.0154. The Hall–Kier alpha value is -1.06. The average Bonchev–Trinajstić information content (AvgIpc) is 2.31. The van der Waals surface area contributed by atoms with Crippen LogP contribution in [-0.2, 0) is 9.59 Å². The van der Waals surface area contributed by atoms with Crippen LogP contribution >= 0.6 is 0 Å². The molecule has 1 N–H and O–H groups in total. The minimum Gasteiger partial charge on any atom is -0.343 e. The zero-order valence-electron chi connectivity index (χ0n) is 11.2. The molecule has 0 spiro atoms. The summed E-state index contributed by atoms with van der Waals surface area (Å²) in [6.07, 6.45) is 4.35. The van der Waals surface area contributed by atoms with E-state index >= 15 is 0 Å². The van der Waals surface area contributed by atoms with E-state index in [9.17, 15) is 9.59 Å². The number of carbonyl (C=O) groups is 2. The van der Waals surface area contributed by atoms with Gasteiger partial charge in [-0.2, -0.15) is 0 Å². The molecule has 0 bridgehead atoms. The van der Waals surface area contributed by atoms with Gasteiger partial charge >= 0.3 is 0 Å². The number of carbonyl (C=O) groups excluding carboxylic acids is 2. The molecule has 1 fully saturated rings. The number of piperazine rings is 1. The van der Waals surface area contributed by atoms with Gasteiger partial charge in [0.15, 0.2) is 0 Å². The van der Waals surface area contributed by atoms with E-state index in [-0.39, 0.29) is 23.9 Å². The SMILES string of the molecule is CCCCN1C(=O)C(CCC)NC(=O)C1CC. The predicted molar refractivity (Wildman–Crippen MR) is 67.5 cm³/mol. The Balaban J connectivity index is 2.76. The van der Waals surface area contributed by atoms with Crippen LogP contribution in [0.3, 0.4) is 0 Å². The molecule has 4 nitrogen and oxygen atoms in total. The first-order chi connectivity index (χ1) is 8.15. The van der Waals surface area contributed by atoms with E-state index < -0.39 is 0 Å². The van der Waals surface area contributed by atoms with Crippen molar-refractivity contribution in [3.8, 4) is 0 Å². The minimum atomic E-state index is -0.299. The number of rotatable bonds is 6. The van der Waals surface area contributed by atoms with E-state index in [1.165, 1.54) is 0 Å². The highest BCUT2D eigenvalue weighted by Gasteiger charge is 2.38. The maximum Gasteiger partial charge on any atom is 0.245 e. The second kappa shape index (κ2) is 6.62. The van der Waals surface area contributed by atoms with Crippen molar-refractivity contribution < 1.29 is 9.59 Å². The van der Waals surface area contributed by atoms with Crippen LogP contribution in [0.25, 0.3) is 0 Å². The van der Waals surface area contributed by atoms with Crippen LogP contribution in [0.2, 0.25) is 0 Å². The number of nitrogens with one attached hydrogen (secondary N) is 1. The van der Waals surface area contributed by atoms with Crippen molar-refractivity contribution in [1.29, 1.82) is 0 Å². The first-order valence-corrected chi connectivity index (χ1v) is 6.76. The molecule has 17 heavy (non-hydrogen) atoms. The number of unbranched alkanes of at least 4 members (excludes halogenated alkanes) is 1. The van der Waals surface area contributed by atoms with Crippen LogP contribution in [0, 0.1) is 0 Å². The molecule has 2 atom stereocenters. The molecular weight excluding hydrogens is 216 g/mol. The molecule has 4 heteroatoms. The van der Waals surface area contributed by atoms with E-state index in [0.29, 0.717) is 13.0 Å². The second-order valence-electron chi connectivity index (χ2n) is 4.66. The lowest BCUT2D eigenvalue weighted by Gasteiger charge is -2.38. The third kappa shape index (κ3) is 3.20. The summed E-state index contributed by atoms with van der Waals surface area (Å²) in [6.45, 7) is 6.79. The third-order valence-electron chi connectivity index (χ3n) is 3.29. The van der Waals surface area contributed by atoms with Crippen molar-refractivity contribution in [3.05, 3.63) is 0 Å². The van der Waals surface area contributed by atoms with Gasteiger partial charge in [0.05, 0.1) is 0 Å². The zero-order chi connectivity index (χ0) is 12.8. The van der Waals surface area contributed by atoms with E-state index in [1.807, 2.05) is 13.8 Å². The first-order valence-electron chi connectivity index (χ1n) is 6.76. The maximum atomic E-state index is 12.2. The fourth-order valence-electron chi connectivity index (χ4n) is 2.31. The Morgan fingerprint density at radius 1 is 1.18 bits per heavy atom. The van der Waals surface area contributed by atoms with Crippen LogP contribution in [0.1, 0.15) is 52.9 Å². The number of hydrogen-bond acceptors (Lipinski definition) is 2. The lowest BCUT2D eigenvalue weighted by Crippen LogP contribution is -2.63. The molecule has 0 saturated carbocycles. The molecule has 1 aliphatic rings. The molecule has 0 aromatic rings. The van der Waals surface area contributed by atoms with Gasteiger partial charge in [-0.15, -0.1) is 0 Å². The molecule has 2 amide bonds. The normalized spacial score (nSPS) is 25.0. The fraction of sp³-hybridized carbons (Fsp3) is 0.846.